The molecule has 0 nitrogen and oxygen atoms in total. The van der Waals surface area contributed by atoms with Crippen LogP contribution in [0.4, 0.5) is 0 Å². The highest BCUT2D eigenvalue weighted by Crippen LogP contribution is 2.28. The van der Waals surface area contributed by atoms with Crippen molar-refractivity contribution in [1.82, 2.24) is 0 Å². The lowest BCUT2D eigenvalue weighted by molar-refractivity contribution is 1.50. The molecular formula is C8H4ClI3. The van der Waals surface area contributed by atoms with Crippen LogP contribution in [0.1, 0.15) is 5.56 Å². The first-order valence-corrected chi connectivity index (χ1v) is 6.63. The van der Waals surface area contributed by atoms with E-state index in [0.717, 1.165) is 5.56 Å². The van der Waals surface area contributed by atoms with Crippen molar-refractivity contribution in [3.63, 3.8) is 0 Å². The summed E-state index contributed by atoms with van der Waals surface area (Å²) in [5, 5.41) is 0.607. The summed E-state index contributed by atoms with van der Waals surface area (Å²) < 4.78 is 3.58. The quantitative estimate of drug-likeness (QED) is 0.375. The van der Waals surface area contributed by atoms with Crippen LogP contribution in [0.2, 0.25) is 0 Å². The Morgan fingerprint density at radius 3 is 2.33 bits per heavy atom. The molecule has 64 valence electrons. The van der Waals surface area contributed by atoms with Crippen LogP contribution in [-0.2, 0) is 0 Å². The van der Waals surface area contributed by atoms with Crippen LogP contribution in [-0.4, -0.2) is 0 Å². The molecule has 0 radical (unpaired) electrons. The highest BCUT2D eigenvalue weighted by molar-refractivity contribution is 14.1. The van der Waals surface area contributed by atoms with Gasteiger partial charge in [-0.3, -0.25) is 0 Å². The number of hydrogen-bond acceptors (Lipinski definition) is 0. The molecule has 0 saturated heterocycles. The zero-order valence-electron chi connectivity index (χ0n) is 5.87. The van der Waals surface area contributed by atoms with E-state index in [-0.39, 0.29) is 0 Å². The van der Waals surface area contributed by atoms with Crippen molar-refractivity contribution in [3.8, 4) is 0 Å². The largest absolute Gasteiger partial charge is 0.0843 e. The van der Waals surface area contributed by atoms with Crippen molar-refractivity contribution >= 4 is 84.4 Å². The first kappa shape index (κ1) is 11.5. The van der Waals surface area contributed by atoms with E-state index in [1.54, 1.807) is 0 Å². The van der Waals surface area contributed by atoms with Gasteiger partial charge in [-0.25, -0.2) is 0 Å². The second-order valence-corrected chi connectivity index (χ2v) is 6.10. The second-order valence-electron chi connectivity index (χ2n) is 2.15. The van der Waals surface area contributed by atoms with Gasteiger partial charge in [0.25, 0.3) is 0 Å². The summed E-state index contributed by atoms with van der Waals surface area (Å²) in [5.41, 5.74) is 1.04. The lowest BCUT2D eigenvalue weighted by atomic mass is 10.2. The topological polar surface area (TPSA) is 0 Å². The SMILES string of the molecule is C=C(Cl)c1cc(I)cc(I)c1I. The maximum Gasteiger partial charge on any atom is 0.0417 e. The van der Waals surface area contributed by atoms with Gasteiger partial charge in [-0.1, -0.05) is 18.2 Å². The molecule has 0 aromatic heterocycles. The van der Waals surface area contributed by atoms with Gasteiger partial charge < -0.3 is 0 Å². The lowest BCUT2D eigenvalue weighted by Gasteiger charge is -2.04. The molecule has 1 rings (SSSR count). The van der Waals surface area contributed by atoms with Crippen LogP contribution in [0.3, 0.4) is 0 Å². The Hall–Kier alpha value is 1.44. The zero-order chi connectivity index (χ0) is 9.30. The van der Waals surface area contributed by atoms with E-state index in [4.69, 9.17) is 11.6 Å². The van der Waals surface area contributed by atoms with Crippen molar-refractivity contribution in [3.05, 3.63) is 35.0 Å². The second kappa shape index (κ2) is 4.79. The maximum atomic E-state index is 5.85. The van der Waals surface area contributed by atoms with Gasteiger partial charge in [0.1, 0.15) is 0 Å². The number of rotatable bonds is 1. The molecule has 0 amide bonds. The summed E-state index contributed by atoms with van der Waals surface area (Å²) in [7, 11) is 0. The standard InChI is InChI=1S/C8H4ClI3/c1-4(9)6-2-5(10)3-7(11)8(6)12/h2-3H,1H2. The highest BCUT2D eigenvalue weighted by Gasteiger charge is 2.06. The van der Waals surface area contributed by atoms with Gasteiger partial charge in [0.05, 0.1) is 0 Å². The van der Waals surface area contributed by atoms with Gasteiger partial charge in [0.2, 0.25) is 0 Å². The maximum absolute atomic E-state index is 5.85. The zero-order valence-corrected chi connectivity index (χ0v) is 13.1. The summed E-state index contributed by atoms with van der Waals surface area (Å²) in [6.45, 7) is 3.72. The van der Waals surface area contributed by atoms with E-state index in [9.17, 15) is 0 Å². The van der Waals surface area contributed by atoms with Gasteiger partial charge in [-0.2, -0.15) is 0 Å². The van der Waals surface area contributed by atoms with Crippen LogP contribution in [0.5, 0.6) is 0 Å². The summed E-state index contributed by atoms with van der Waals surface area (Å²) in [4.78, 5) is 0. The fourth-order valence-electron chi connectivity index (χ4n) is 0.753. The van der Waals surface area contributed by atoms with Crippen molar-refractivity contribution in [2.24, 2.45) is 0 Å². The van der Waals surface area contributed by atoms with Crippen LogP contribution in [0.25, 0.3) is 5.03 Å². The van der Waals surface area contributed by atoms with Gasteiger partial charge in [-0.05, 0) is 79.9 Å². The fraction of sp³-hybridized carbons (Fsp3) is 0. The molecule has 0 aliphatic heterocycles. The summed E-state index contributed by atoms with van der Waals surface area (Å²) in [6, 6.07) is 4.16. The molecule has 1 aromatic rings. The molecular weight excluding hydrogens is 512 g/mol. The Morgan fingerprint density at radius 2 is 1.83 bits per heavy atom. The highest BCUT2D eigenvalue weighted by atomic mass is 127. The van der Waals surface area contributed by atoms with Crippen molar-refractivity contribution in [2.45, 2.75) is 0 Å². The molecule has 0 saturated carbocycles. The van der Waals surface area contributed by atoms with E-state index in [1.807, 2.05) is 6.07 Å². The van der Waals surface area contributed by atoms with Crippen LogP contribution in [0.15, 0.2) is 18.7 Å². The fourth-order valence-corrected chi connectivity index (χ4v) is 3.54. The van der Waals surface area contributed by atoms with E-state index in [2.05, 4.69) is 80.4 Å². The van der Waals surface area contributed by atoms with E-state index in [1.165, 1.54) is 10.7 Å². The minimum Gasteiger partial charge on any atom is -0.0843 e. The van der Waals surface area contributed by atoms with Crippen molar-refractivity contribution < 1.29 is 0 Å². The molecule has 0 spiro atoms. The third-order valence-electron chi connectivity index (χ3n) is 1.29. The normalized spacial score (nSPS) is 10.0. The van der Waals surface area contributed by atoms with Crippen LogP contribution >= 0.6 is 79.4 Å². The molecule has 0 fully saturated rings. The van der Waals surface area contributed by atoms with Crippen LogP contribution in [0, 0.1) is 10.7 Å². The summed E-state index contributed by atoms with van der Waals surface area (Å²) in [6.07, 6.45) is 0. The van der Waals surface area contributed by atoms with Crippen molar-refractivity contribution in [1.29, 1.82) is 0 Å². The third kappa shape index (κ3) is 2.71. The van der Waals surface area contributed by atoms with Gasteiger partial charge >= 0.3 is 0 Å². The molecule has 0 aliphatic rings. The predicted molar refractivity (Wildman–Crippen MR) is 79.5 cm³/mol. The van der Waals surface area contributed by atoms with Gasteiger partial charge in [0, 0.05) is 21.3 Å². The molecule has 0 unspecified atom stereocenters. The van der Waals surface area contributed by atoms with Crippen molar-refractivity contribution in [2.75, 3.05) is 0 Å². The molecule has 0 bridgehead atoms. The molecule has 0 atom stereocenters. The Bertz CT molecular complexity index is 333. The Kier molecular flexibility index (Phi) is 4.59. The first-order chi connectivity index (χ1) is 5.52. The lowest BCUT2D eigenvalue weighted by Crippen LogP contribution is -1.89. The predicted octanol–water partition coefficient (Wildman–Crippen LogP) is 4.71. The average Bonchev–Trinajstić information content (AvgIpc) is 1.96. The summed E-state index contributed by atoms with van der Waals surface area (Å²) in [5.74, 6) is 0. The molecule has 4 heteroatoms. The molecule has 0 aliphatic carbocycles. The monoisotopic (exact) mass is 516 g/mol. The smallest absolute Gasteiger partial charge is 0.0417 e. The number of halogens is 4. The van der Waals surface area contributed by atoms with Gasteiger partial charge in [0.15, 0.2) is 0 Å². The third-order valence-corrected chi connectivity index (χ3v) is 5.16. The molecule has 12 heavy (non-hydrogen) atoms. The Morgan fingerprint density at radius 1 is 1.25 bits per heavy atom. The molecule has 1 aromatic carbocycles. The van der Waals surface area contributed by atoms with E-state index >= 15 is 0 Å². The average molecular weight is 516 g/mol. The van der Waals surface area contributed by atoms with Crippen LogP contribution < -0.4 is 0 Å². The molecule has 0 heterocycles. The summed E-state index contributed by atoms with van der Waals surface area (Å²) >= 11 is 12.7. The molecule has 0 N–H and O–H groups in total. The first-order valence-electron chi connectivity index (χ1n) is 3.01. The minimum absolute atomic E-state index is 0.607. The van der Waals surface area contributed by atoms with E-state index in [0.29, 0.717) is 5.03 Å². The van der Waals surface area contributed by atoms with Gasteiger partial charge in [-0.15, -0.1) is 0 Å². The Labute approximate surface area is 118 Å². The number of benzene rings is 1. The van der Waals surface area contributed by atoms with E-state index < -0.39 is 0 Å². The minimum atomic E-state index is 0.607. The Balaban J connectivity index is 3.37. The number of hydrogen-bond donors (Lipinski definition) is 0.